The van der Waals surface area contributed by atoms with Crippen molar-refractivity contribution in [3.05, 3.63) is 68.1 Å². The van der Waals surface area contributed by atoms with E-state index < -0.39 is 0 Å². The van der Waals surface area contributed by atoms with Crippen molar-refractivity contribution in [3.8, 4) is 0 Å². The number of hydrogen-bond donors (Lipinski definition) is 1. The van der Waals surface area contributed by atoms with Gasteiger partial charge in [0.05, 0.1) is 6.04 Å². The summed E-state index contributed by atoms with van der Waals surface area (Å²) >= 11 is 7.17. The van der Waals surface area contributed by atoms with E-state index in [0.29, 0.717) is 0 Å². The topological polar surface area (TPSA) is 12.0 Å². The van der Waals surface area contributed by atoms with Crippen LogP contribution in [0.25, 0.3) is 0 Å². The van der Waals surface area contributed by atoms with Crippen LogP contribution in [0.4, 0.5) is 0 Å². The molecule has 0 aromatic heterocycles. The second kappa shape index (κ2) is 8.11. The maximum atomic E-state index is 3.60. The van der Waals surface area contributed by atoms with Gasteiger partial charge in [0, 0.05) is 8.95 Å². The molecule has 2 aromatic carbocycles. The lowest BCUT2D eigenvalue weighted by atomic mass is 9.96. The first kappa shape index (κ1) is 16.7. The monoisotopic (exact) mass is 409 g/mol. The molecule has 0 fully saturated rings. The van der Waals surface area contributed by atoms with Crippen molar-refractivity contribution >= 4 is 31.9 Å². The number of nitrogens with one attached hydrogen (secondary N) is 1. The van der Waals surface area contributed by atoms with Crippen molar-refractivity contribution < 1.29 is 0 Å². The molecular formula is C18H21Br2N. The molecule has 0 spiro atoms. The number of benzene rings is 2. The van der Waals surface area contributed by atoms with Crippen LogP contribution in [0.3, 0.4) is 0 Å². The van der Waals surface area contributed by atoms with Gasteiger partial charge >= 0.3 is 0 Å². The van der Waals surface area contributed by atoms with Crippen molar-refractivity contribution in [1.82, 2.24) is 5.32 Å². The van der Waals surface area contributed by atoms with Crippen LogP contribution in [0.15, 0.2) is 51.4 Å². The third-order valence-electron chi connectivity index (χ3n) is 3.45. The molecule has 0 amide bonds. The maximum Gasteiger partial charge on any atom is 0.0577 e. The zero-order valence-electron chi connectivity index (χ0n) is 12.5. The smallest absolute Gasteiger partial charge is 0.0577 e. The lowest BCUT2D eigenvalue weighted by Gasteiger charge is -2.20. The van der Waals surface area contributed by atoms with Gasteiger partial charge in [-0.3, -0.25) is 0 Å². The molecule has 0 aliphatic carbocycles. The van der Waals surface area contributed by atoms with E-state index in [9.17, 15) is 0 Å². The fourth-order valence-corrected chi connectivity index (χ4v) is 3.92. The van der Waals surface area contributed by atoms with Crippen molar-refractivity contribution in [2.75, 3.05) is 6.54 Å². The average molecular weight is 411 g/mol. The summed E-state index contributed by atoms with van der Waals surface area (Å²) in [5.74, 6) is 0. The summed E-state index contributed by atoms with van der Waals surface area (Å²) in [7, 11) is 0. The van der Waals surface area contributed by atoms with Crippen LogP contribution in [0.2, 0.25) is 0 Å². The Morgan fingerprint density at radius 1 is 0.952 bits per heavy atom. The molecule has 2 aromatic rings. The Labute approximate surface area is 144 Å². The Kier molecular flexibility index (Phi) is 6.46. The number of hydrogen-bond acceptors (Lipinski definition) is 1. The van der Waals surface area contributed by atoms with E-state index in [1.54, 1.807) is 0 Å². The van der Waals surface area contributed by atoms with E-state index in [1.165, 1.54) is 23.1 Å². The lowest BCUT2D eigenvalue weighted by molar-refractivity contribution is 0.629. The second-order valence-electron chi connectivity index (χ2n) is 5.19. The van der Waals surface area contributed by atoms with E-state index in [1.807, 2.05) is 0 Å². The van der Waals surface area contributed by atoms with E-state index >= 15 is 0 Å². The normalized spacial score (nSPS) is 12.4. The first-order valence-electron chi connectivity index (χ1n) is 7.42. The van der Waals surface area contributed by atoms with Crippen LogP contribution >= 0.6 is 31.9 Å². The number of aryl methyl sites for hydroxylation is 1. The lowest BCUT2D eigenvalue weighted by Crippen LogP contribution is -2.22. The molecule has 0 radical (unpaired) electrons. The average Bonchev–Trinajstić information content (AvgIpc) is 2.44. The zero-order chi connectivity index (χ0) is 15.2. The summed E-state index contributed by atoms with van der Waals surface area (Å²) in [6.07, 6.45) is 2.31. The van der Waals surface area contributed by atoms with Gasteiger partial charge in [-0.25, -0.2) is 0 Å². The minimum absolute atomic E-state index is 0.223. The summed E-state index contributed by atoms with van der Waals surface area (Å²) in [6.45, 7) is 5.31. The van der Waals surface area contributed by atoms with Crippen molar-refractivity contribution in [2.45, 2.75) is 32.7 Å². The van der Waals surface area contributed by atoms with Crippen LogP contribution in [-0.2, 0) is 6.42 Å². The van der Waals surface area contributed by atoms with E-state index in [0.717, 1.165) is 21.9 Å². The standard InChI is InChI=1S/C18H21Br2N/c1-3-6-13-7-5-8-14(9-13)18(21-4-2)15-10-16(19)12-17(20)11-15/h5,7-12,18,21H,3-4,6H2,1-2H3. The van der Waals surface area contributed by atoms with Crippen LogP contribution in [0.5, 0.6) is 0 Å². The maximum absolute atomic E-state index is 3.60. The van der Waals surface area contributed by atoms with Crippen LogP contribution in [-0.4, -0.2) is 6.54 Å². The van der Waals surface area contributed by atoms with Gasteiger partial charge in [0.1, 0.15) is 0 Å². The molecule has 0 saturated heterocycles. The molecule has 21 heavy (non-hydrogen) atoms. The van der Waals surface area contributed by atoms with Gasteiger partial charge < -0.3 is 5.32 Å². The molecule has 1 unspecified atom stereocenters. The summed E-state index contributed by atoms with van der Waals surface area (Å²) < 4.78 is 2.19. The summed E-state index contributed by atoms with van der Waals surface area (Å²) in [6, 6.07) is 15.6. The summed E-state index contributed by atoms with van der Waals surface area (Å²) in [5, 5.41) is 3.60. The predicted octanol–water partition coefficient (Wildman–Crippen LogP) is 5.86. The van der Waals surface area contributed by atoms with Crippen LogP contribution in [0, 0.1) is 0 Å². The Hall–Kier alpha value is -0.640. The molecule has 0 heterocycles. The Balaban J connectivity index is 2.40. The first-order valence-corrected chi connectivity index (χ1v) is 9.00. The number of rotatable bonds is 6. The van der Waals surface area contributed by atoms with Crippen LogP contribution < -0.4 is 5.32 Å². The van der Waals surface area contributed by atoms with Crippen molar-refractivity contribution in [1.29, 1.82) is 0 Å². The Bertz CT molecular complexity index is 575. The SMILES string of the molecule is CCCc1cccc(C(NCC)c2cc(Br)cc(Br)c2)c1. The molecule has 2 rings (SSSR count). The largest absolute Gasteiger partial charge is 0.307 e. The molecule has 0 aliphatic rings. The molecule has 0 saturated carbocycles. The van der Waals surface area contributed by atoms with Gasteiger partial charge in [-0.15, -0.1) is 0 Å². The van der Waals surface area contributed by atoms with Gasteiger partial charge in [0.15, 0.2) is 0 Å². The van der Waals surface area contributed by atoms with Gasteiger partial charge in [-0.05, 0) is 47.9 Å². The zero-order valence-corrected chi connectivity index (χ0v) is 15.7. The second-order valence-corrected chi connectivity index (χ2v) is 7.02. The summed E-state index contributed by atoms with van der Waals surface area (Å²) in [4.78, 5) is 0. The fourth-order valence-electron chi connectivity index (χ4n) is 2.59. The highest BCUT2D eigenvalue weighted by atomic mass is 79.9. The fraction of sp³-hybridized carbons (Fsp3) is 0.333. The minimum atomic E-state index is 0.223. The van der Waals surface area contributed by atoms with E-state index in [2.05, 4.69) is 93.5 Å². The quantitative estimate of drug-likeness (QED) is 0.628. The van der Waals surface area contributed by atoms with Crippen LogP contribution in [0.1, 0.15) is 43.0 Å². The summed E-state index contributed by atoms with van der Waals surface area (Å²) in [5.41, 5.74) is 4.01. The predicted molar refractivity (Wildman–Crippen MR) is 97.8 cm³/mol. The van der Waals surface area contributed by atoms with Crippen molar-refractivity contribution in [2.24, 2.45) is 0 Å². The van der Waals surface area contributed by atoms with Gasteiger partial charge in [-0.2, -0.15) is 0 Å². The highest BCUT2D eigenvalue weighted by molar-refractivity contribution is 9.11. The molecule has 112 valence electrons. The molecule has 1 N–H and O–H groups in total. The van der Waals surface area contributed by atoms with Gasteiger partial charge in [-0.1, -0.05) is 76.4 Å². The highest BCUT2D eigenvalue weighted by Gasteiger charge is 2.14. The Morgan fingerprint density at radius 2 is 1.67 bits per heavy atom. The van der Waals surface area contributed by atoms with Crippen molar-refractivity contribution in [3.63, 3.8) is 0 Å². The molecule has 0 aliphatic heterocycles. The Morgan fingerprint density at radius 3 is 2.29 bits per heavy atom. The van der Waals surface area contributed by atoms with Gasteiger partial charge in [0.25, 0.3) is 0 Å². The third kappa shape index (κ3) is 4.67. The van der Waals surface area contributed by atoms with Gasteiger partial charge in [0.2, 0.25) is 0 Å². The molecule has 1 nitrogen and oxygen atoms in total. The minimum Gasteiger partial charge on any atom is -0.307 e. The van der Waals surface area contributed by atoms with E-state index in [4.69, 9.17) is 0 Å². The number of halogens is 2. The third-order valence-corrected chi connectivity index (χ3v) is 4.37. The highest BCUT2D eigenvalue weighted by Crippen LogP contribution is 2.28. The first-order chi connectivity index (χ1) is 10.1. The van der Waals surface area contributed by atoms with E-state index in [-0.39, 0.29) is 6.04 Å². The molecule has 1 atom stereocenters. The molecule has 3 heteroatoms. The molecular weight excluding hydrogens is 390 g/mol. The molecule has 0 bridgehead atoms.